The van der Waals surface area contributed by atoms with E-state index in [-0.39, 0.29) is 11.8 Å². The van der Waals surface area contributed by atoms with Gasteiger partial charge >= 0.3 is 0 Å². The minimum Gasteiger partial charge on any atom is -0.330 e. The number of pyridine rings is 1. The number of rotatable bonds is 5. The van der Waals surface area contributed by atoms with Crippen molar-refractivity contribution in [3.8, 4) is 0 Å². The molecule has 0 spiro atoms. The van der Waals surface area contributed by atoms with E-state index in [2.05, 4.69) is 10.3 Å². The SMILES string of the molecule is CC(CCCN)C(=O)Nc1ccc(F)nc1. The lowest BCUT2D eigenvalue weighted by molar-refractivity contribution is -0.119. The van der Waals surface area contributed by atoms with Crippen LogP contribution in [0.5, 0.6) is 0 Å². The number of carbonyl (C=O) groups excluding carboxylic acids is 1. The monoisotopic (exact) mass is 225 g/mol. The van der Waals surface area contributed by atoms with Gasteiger partial charge in [-0.05, 0) is 31.5 Å². The summed E-state index contributed by atoms with van der Waals surface area (Å²) < 4.78 is 12.5. The van der Waals surface area contributed by atoms with Gasteiger partial charge in [0.05, 0.1) is 11.9 Å². The molecule has 3 N–H and O–H groups in total. The highest BCUT2D eigenvalue weighted by Gasteiger charge is 2.12. The Labute approximate surface area is 94.1 Å². The zero-order valence-corrected chi connectivity index (χ0v) is 9.24. The lowest BCUT2D eigenvalue weighted by Gasteiger charge is -2.11. The van der Waals surface area contributed by atoms with Crippen LogP contribution in [0.3, 0.4) is 0 Å². The second kappa shape index (κ2) is 6.17. The topological polar surface area (TPSA) is 68.0 Å². The summed E-state index contributed by atoms with van der Waals surface area (Å²) in [6, 6.07) is 2.69. The van der Waals surface area contributed by atoms with Crippen LogP contribution in [-0.2, 0) is 4.79 Å². The molecule has 0 radical (unpaired) electrons. The molecule has 0 saturated carbocycles. The first-order chi connectivity index (χ1) is 7.63. The molecule has 0 aliphatic heterocycles. The van der Waals surface area contributed by atoms with E-state index in [9.17, 15) is 9.18 Å². The van der Waals surface area contributed by atoms with Gasteiger partial charge < -0.3 is 11.1 Å². The molecule has 0 fully saturated rings. The van der Waals surface area contributed by atoms with Gasteiger partial charge in [-0.1, -0.05) is 6.92 Å². The molecule has 0 bridgehead atoms. The summed E-state index contributed by atoms with van der Waals surface area (Å²) in [5, 5.41) is 2.67. The summed E-state index contributed by atoms with van der Waals surface area (Å²) in [5.41, 5.74) is 5.87. The third-order valence-corrected chi connectivity index (χ3v) is 2.28. The summed E-state index contributed by atoms with van der Waals surface area (Å²) in [7, 11) is 0. The van der Waals surface area contributed by atoms with Crippen molar-refractivity contribution in [1.82, 2.24) is 4.98 Å². The van der Waals surface area contributed by atoms with E-state index in [1.807, 2.05) is 6.92 Å². The molecule has 1 heterocycles. The smallest absolute Gasteiger partial charge is 0.227 e. The van der Waals surface area contributed by atoms with E-state index in [1.165, 1.54) is 18.3 Å². The summed E-state index contributed by atoms with van der Waals surface area (Å²) in [6.45, 7) is 2.41. The number of nitrogens with two attached hydrogens (primary N) is 1. The molecule has 1 aromatic rings. The highest BCUT2D eigenvalue weighted by atomic mass is 19.1. The van der Waals surface area contributed by atoms with Crippen molar-refractivity contribution in [2.24, 2.45) is 11.7 Å². The van der Waals surface area contributed by atoms with E-state index < -0.39 is 5.95 Å². The number of aromatic nitrogens is 1. The van der Waals surface area contributed by atoms with Crippen molar-refractivity contribution >= 4 is 11.6 Å². The summed E-state index contributed by atoms with van der Waals surface area (Å²) in [5.74, 6) is -0.760. The largest absolute Gasteiger partial charge is 0.330 e. The maximum Gasteiger partial charge on any atom is 0.227 e. The van der Waals surface area contributed by atoms with Crippen LogP contribution in [0.4, 0.5) is 10.1 Å². The lowest BCUT2D eigenvalue weighted by atomic mass is 10.0. The molecular weight excluding hydrogens is 209 g/mol. The molecule has 1 amide bonds. The van der Waals surface area contributed by atoms with Crippen LogP contribution in [0.2, 0.25) is 0 Å². The van der Waals surface area contributed by atoms with Crippen molar-refractivity contribution in [1.29, 1.82) is 0 Å². The van der Waals surface area contributed by atoms with Crippen molar-refractivity contribution in [2.75, 3.05) is 11.9 Å². The van der Waals surface area contributed by atoms with Crippen molar-refractivity contribution in [3.05, 3.63) is 24.3 Å². The third kappa shape index (κ3) is 3.94. The van der Waals surface area contributed by atoms with E-state index in [0.29, 0.717) is 12.2 Å². The lowest BCUT2D eigenvalue weighted by Crippen LogP contribution is -2.21. The Bertz CT molecular complexity index is 340. The molecule has 5 heteroatoms. The van der Waals surface area contributed by atoms with Crippen LogP contribution in [0.1, 0.15) is 19.8 Å². The number of hydrogen-bond acceptors (Lipinski definition) is 3. The second-order valence-electron chi connectivity index (χ2n) is 3.69. The normalized spacial score (nSPS) is 12.2. The number of hydrogen-bond donors (Lipinski definition) is 2. The minimum atomic E-state index is -0.561. The minimum absolute atomic E-state index is 0.0955. The number of nitrogens with zero attached hydrogens (tertiary/aromatic N) is 1. The van der Waals surface area contributed by atoms with Gasteiger partial charge in [-0.3, -0.25) is 4.79 Å². The highest BCUT2D eigenvalue weighted by molar-refractivity contribution is 5.92. The van der Waals surface area contributed by atoms with Crippen molar-refractivity contribution in [3.63, 3.8) is 0 Å². The van der Waals surface area contributed by atoms with Gasteiger partial charge in [-0.2, -0.15) is 4.39 Å². The van der Waals surface area contributed by atoms with Gasteiger partial charge in [-0.15, -0.1) is 0 Å². The van der Waals surface area contributed by atoms with Crippen LogP contribution < -0.4 is 11.1 Å². The van der Waals surface area contributed by atoms with E-state index in [0.717, 1.165) is 12.8 Å². The highest BCUT2D eigenvalue weighted by Crippen LogP contribution is 2.10. The Morgan fingerprint density at radius 3 is 2.94 bits per heavy atom. The Morgan fingerprint density at radius 1 is 1.62 bits per heavy atom. The molecule has 1 unspecified atom stereocenters. The average Bonchev–Trinajstić information content (AvgIpc) is 2.29. The van der Waals surface area contributed by atoms with Crippen LogP contribution >= 0.6 is 0 Å². The fourth-order valence-electron chi connectivity index (χ4n) is 1.27. The van der Waals surface area contributed by atoms with E-state index in [4.69, 9.17) is 5.73 Å². The first-order valence-corrected chi connectivity index (χ1v) is 5.26. The van der Waals surface area contributed by atoms with Crippen LogP contribution in [-0.4, -0.2) is 17.4 Å². The standard InChI is InChI=1S/C11H16FN3O/c1-8(3-2-6-13)11(16)15-9-4-5-10(12)14-7-9/h4-5,7-8H,2-3,6,13H2,1H3,(H,15,16). The molecule has 88 valence electrons. The molecule has 16 heavy (non-hydrogen) atoms. The van der Waals surface area contributed by atoms with Gasteiger partial charge in [0.2, 0.25) is 11.9 Å². The molecule has 0 aliphatic rings. The zero-order valence-electron chi connectivity index (χ0n) is 9.24. The van der Waals surface area contributed by atoms with Gasteiger partial charge in [0.1, 0.15) is 0 Å². The predicted octanol–water partition coefficient (Wildman–Crippen LogP) is 1.53. The van der Waals surface area contributed by atoms with Crippen LogP contribution in [0, 0.1) is 11.9 Å². The fourth-order valence-corrected chi connectivity index (χ4v) is 1.27. The second-order valence-corrected chi connectivity index (χ2v) is 3.69. The Morgan fingerprint density at radius 2 is 2.38 bits per heavy atom. The first kappa shape index (κ1) is 12.6. The van der Waals surface area contributed by atoms with Gasteiger partial charge in [-0.25, -0.2) is 4.98 Å². The van der Waals surface area contributed by atoms with Crippen LogP contribution in [0.25, 0.3) is 0 Å². The Hall–Kier alpha value is -1.49. The molecule has 1 aromatic heterocycles. The van der Waals surface area contributed by atoms with E-state index in [1.54, 1.807) is 0 Å². The number of halogens is 1. The molecule has 1 rings (SSSR count). The first-order valence-electron chi connectivity index (χ1n) is 5.26. The predicted molar refractivity (Wildman–Crippen MR) is 60.3 cm³/mol. The average molecular weight is 225 g/mol. The van der Waals surface area contributed by atoms with Gasteiger partial charge in [0.15, 0.2) is 0 Å². The molecule has 1 atom stereocenters. The number of carbonyl (C=O) groups is 1. The maximum atomic E-state index is 12.5. The van der Waals surface area contributed by atoms with Crippen LogP contribution in [0.15, 0.2) is 18.3 Å². The number of anilines is 1. The summed E-state index contributed by atoms with van der Waals surface area (Å²) in [4.78, 5) is 15.1. The molecule has 0 aliphatic carbocycles. The number of nitrogens with one attached hydrogen (secondary N) is 1. The Kier molecular flexibility index (Phi) is 4.85. The summed E-state index contributed by atoms with van der Waals surface area (Å²) >= 11 is 0. The maximum absolute atomic E-state index is 12.5. The summed E-state index contributed by atoms with van der Waals surface area (Å²) in [6.07, 6.45) is 2.86. The molecular formula is C11H16FN3O. The van der Waals surface area contributed by atoms with Gasteiger partial charge in [0.25, 0.3) is 0 Å². The Balaban J connectivity index is 2.47. The van der Waals surface area contributed by atoms with Gasteiger partial charge in [0, 0.05) is 5.92 Å². The van der Waals surface area contributed by atoms with Crippen molar-refractivity contribution < 1.29 is 9.18 Å². The number of amides is 1. The molecule has 4 nitrogen and oxygen atoms in total. The van der Waals surface area contributed by atoms with Crippen molar-refractivity contribution in [2.45, 2.75) is 19.8 Å². The van der Waals surface area contributed by atoms with E-state index >= 15 is 0 Å². The fraction of sp³-hybridized carbons (Fsp3) is 0.455. The quantitative estimate of drug-likeness (QED) is 0.747. The molecule has 0 saturated heterocycles. The molecule has 0 aromatic carbocycles. The zero-order chi connectivity index (χ0) is 12.0. The third-order valence-electron chi connectivity index (χ3n) is 2.28.